The summed E-state index contributed by atoms with van der Waals surface area (Å²) in [6, 6.07) is 5.45. The number of ether oxygens (including phenoxy) is 1. The van der Waals surface area contributed by atoms with Crippen molar-refractivity contribution in [1.82, 2.24) is 4.90 Å². The van der Waals surface area contributed by atoms with E-state index in [4.69, 9.17) is 4.74 Å². The van der Waals surface area contributed by atoms with E-state index in [2.05, 4.69) is 0 Å². The van der Waals surface area contributed by atoms with Gasteiger partial charge in [0.05, 0.1) is 18.3 Å². The van der Waals surface area contributed by atoms with Crippen molar-refractivity contribution in [2.45, 2.75) is 33.1 Å². The number of carbonyl (C=O) groups excluding carboxylic acids is 4. The molecule has 1 aliphatic heterocycles. The molecular weight excluding hydrogens is 346 g/mol. The molecular formula is C21H23NO5. The first-order valence-corrected chi connectivity index (χ1v) is 9.14. The lowest BCUT2D eigenvalue weighted by molar-refractivity contribution is -0.145. The molecule has 0 aromatic heterocycles. The van der Waals surface area contributed by atoms with Gasteiger partial charge in [-0.3, -0.25) is 24.1 Å². The van der Waals surface area contributed by atoms with Gasteiger partial charge in [-0.1, -0.05) is 35.9 Å². The Balaban J connectivity index is 1.49. The number of rotatable bonds is 6. The van der Waals surface area contributed by atoms with Crippen LogP contribution in [0, 0.1) is 25.7 Å². The topological polar surface area (TPSA) is 80.8 Å². The van der Waals surface area contributed by atoms with Gasteiger partial charge in [-0.2, -0.15) is 0 Å². The number of nitrogens with zero attached hydrogens (tertiary/aromatic N) is 1. The lowest BCUT2D eigenvalue weighted by Crippen LogP contribution is -2.33. The van der Waals surface area contributed by atoms with Crippen molar-refractivity contribution < 1.29 is 23.9 Å². The van der Waals surface area contributed by atoms with Crippen LogP contribution in [-0.4, -0.2) is 41.6 Å². The number of hydrogen-bond acceptors (Lipinski definition) is 5. The smallest absolute Gasteiger partial charge is 0.308 e. The van der Waals surface area contributed by atoms with Crippen molar-refractivity contribution >= 4 is 23.6 Å². The fourth-order valence-corrected chi connectivity index (χ4v) is 3.71. The van der Waals surface area contributed by atoms with Crippen molar-refractivity contribution in [3.8, 4) is 0 Å². The van der Waals surface area contributed by atoms with Crippen LogP contribution in [0.2, 0.25) is 0 Å². The SMILES string of the molecule is Cc1ccc(C(=O)COC(=O)CCN2C(=O)[C@H]3CC=CC[C@@H]3C2=O)c(C)c1. The van der Waals surface area contributed by atoms with Gasteiger partial charge in [-0.25, -0.2) is 0 Å². The number of carbonyl (C=O) groups is 4. The summed E-state index contributed by atoms with van der Waals surface area (Å²) in [6.45, 7) is 3.43. The number of likely N-dealkylation sites (tertiary alicyclic amines) is 1. The van der Waals surface area contributed by atoms with E-state index in [-0.39, 0.29) is 49.0 Å². The van der Waals surface area contributed by atoms with Crippen LogP contribution in [-0.2, 0) is 19.1 Å². The molecule has 2 amide bonds. The first kappa shape index (κ1) is 19.0. The van der Waals surface area contributed by atoms with Gasteiger partial charge >= 0.3 is 5.97 Å². The van der Waals surface area contributed by atoms with E-state index >= 15 is 0 Å². The summed E-state index contributed by atoms with van der Waals surface area (Å²) in [5, 5.41) is 0. The average Bonchev–Trinajstić information content (AvgIpc) is 2.89. The summed E-state index contributed by atoms with van der Waals surface area (Å²) >= 11 is 0. The van der Waals surface area contributed by atoms with Crippen LogP contribution < -0.4 is 0 Å². The van der Waals surface area contributed by atoms with Crippen LogP contribution in [0.4, 0.5) is 0 Å². The van der Waals surface area contributed by atoms with Crippen LogP contribution in [0.25, 0.3) is 0 Å². The van der Waals surface area contributed by atoms with Gasteiger partial charge in [0, 0.05) is 12.1 Å². The van der Waals surface area contributed by atoms with Crippen molar-refractivity contribution in [2.24, 2.45) is 11.8 Å². The maximum absolute atomic E-state index is 12.3. The zero-order valence-corrected chi connectivity index (χ0v) is 15.6. The second-order valence-corrected chi connectivity index (χ2v) is 7.14. The first-order valence-electron chi connectivity index (χ1n) is 9.14. The normalized spacial score (nSPS) is 21.3. The first-order chi connectivity index (χ1) is 12.9. The van der Waals surface area contributed by atoms with Gasteiger partial charge in [0.15, 0.2) is 6.61 Å². The molecule has 1 aromatic rings. The fourth-order valence-electron chi connectivity index (χ4n) is 3.71. The van der Waals surface area contributed by atoms with Gasteiger partial charge in [0.1, 0.15) is 0 Å². The number of hydrogen-bond donors (Lipinski definition) is 0. The Labute approximate surface area is 158 Å². The second-order valence-electron chi connectivity index (χ2n) is 7.14. The zero-order valence-electron chi connectivity index (χ0n) is 15.6. The van der Waals surface area contributed by atoms with Gasteiger partial charge < -0.3 is 4.74 Å². The predicted octanol–water partition coefficient (Wildman–Crippen LogP) is 2.37. The van der Waals surface area contributed by atoms with Crippen molar-refractivity contribution in [1.29, 1.82) is 0 Å². The summed E-state index contributed by atoms with van der Waals surface area (Å²) in [5.74, 6) is -1.90. The third-order valence-corrected chi connectivity index (χ3v) is 5.18. The maximum atomic E-state index is 12.3. The largest absolute Gasteiger partial charge is 0.457 e. The highest BCUT2D eigenvalue weighted by atomic mass is 16.5. The Kier molecular flexibility index (Phi) is 5.54. The van der Waals surface area contributed by atoms with E-state index in [0.717, 1.165) is 16.0 Å². The minimum absolute atomic E-state index is 0.00124. The fraction of sp³-hybridized carbons (Fsp3) is 0.429. The third-order valence-electron chi connectivity index (χ3n) is 5.18. The third kappa shape index (κ3) is 3.99. The highest BCUT2D eigenvalue weighted by molar-refractivity contribution is 6.05. The molecule has 27 heavy (non-hydrogen) atoms. The van der Waals surface area contributed by atoms with E-state index in [1.165, 1.54) is 0 Å². The monoisotopic (exact) mass is 369 g/mol. The van der Waals surface area contributed by atoms with Crippen molar-refractivity contribution in [3.63, 3.8) is 0 Å². The number of benzene rings is 1. The molecule has 142 valence electrons. The molecule has 0 radical (unpaired) electrons. The van der Waals surface area contributed by atoms with Crippen LogP contribution in [0.15, 0.2) is 30.4 Å². The quantitative estimate of drug-likeness (QED) is 0.333. The van der Waals surface area contributed by atoms with Crippen LogP contribution in [0.1, 0.15) is 40.7 Å². The predicted molar refractivity (Wildman–Crippen MR) is 97.9 cm³/mol. The summed E-state index contributed by atoms with van der Waals surface area (Å²) in [6.07, 6.45) is 4.87. The van der Waals surface area contributed by atoms with Gasteiger partial charge in [0.25, 0.3) is 0 Å². The number of Topliss-reactive ketones (excluding diaryl/α,β-unsaturated/α-hetero) is 1. The van der Waals surface area contributed by atoms with Gasteiger partial charge in [-0.05, 0) is 32.3 Å². The summed E-state index contributed by atoms with van der Waals surface area (Å²) in [4.78, 5) is 50.0. The molecule has 6 heteroatoms. The van der Waals surface area contributed by atoms with E-state index in [1.54, 1.807) is 6.07 Å². The summed E-state index contributed by atoms with van der Waals surface area (Å²) < 4.78 is 5.04. The Morgan fingerprint density at radius 1 is 1.07 bits per heavy atom. The minimum atomic E-state index is -0.596. The zero-order chi connectivity index (χ0) is 19.6. The molecule has 1 saturated heterocycles. The number of amides is 2. The lowest BCUT2D eigenvalue weighted by Gasteiger charge is -2.14. The van der Waals surface area contributed by atoms with Crippen molar-refractivity contribution in [3.05, 3.63) is 47.0 Å². The van der Waals surface area contributed by atoms with Crippen LogP contribution >= 0.6 is 0 Å². The molecule has 1 heterocycles. The number of imide groups is 1. The minimum Gasteiger partial charge on any atom is -0.457 e. The maximum Gasteiger partial charge on any atom is 0.308 e. The van der Waals surface area contributed by atoms with E-state index < -0.39 is 5.97 Å². The van der Waals surface area contributed by atoms with Crippen LogP contribution in [0.3, 0.4) is 0 Å². The Morgan fingerprint density at radius 3 is 2.30 bits per heavy atom. The highest BCUT2D eigenvalue weighted by Gasteiger charge is 2.46. The number of fused-ring (bicyclic) bond motifs is 1. The van der Waals surface area contributed by atoms with E-state index in [1.807, 2.05) is 38.1 Å². The van der Waals surface area contributed by atoms with Crippen LogP contribution in [0.5, 0.6) is 0 Å². The average molecular weight is 369 g/mol. The number of aryl methyl sites for hydroxylation is 2. The number of ketones is 1. The molecule has 0 unspecified atom stereocenters. The molecule has 0 N–H and O–H groups in total. The van der Waals surface area contributed by atoms with Crippen molar-refractivity contribution in [2.75, 3.05) is 13.2 Å². The van der Waals surface area contributed by atoms with E-state index in [9.17, 15) is 19.2 Å². The molecule has 1 fully saturated rings. The Hall–Kier alpha value is -2.76. The molecule has 0 saturated carbocycles. The summed E-state index contributed by atoms with van der Waals surface area (Å²) in [5.41, 5.74) is 2.41. The molecule has 1 aromatic carbocycles. The molecule has 3 rings (SSSR count). The molecule has 1 aliphatic carbocycles. The molecule has 2 atom stereocenters. The molecule has 0 spiro atoms. The van der Waals surface area contributed by atoms with E-state index in [0.29, 0.717) is 18.4 Å². The Bertz CT molecular complexity index is 800. The van der Waals surface area contributed by atoms with Gasteiger partial charge in [-0.15, -0.1) is 0 Å². The molecule has 2 aliphatic rings. The lowest BCUT2D eigenvalue weighted by atomic mass is 9.85. The highest BCUT2D eigenvalue weighted by Crippen LogP contribution is 2.35. The number of esters is 1. The molecule has 0 bridgehead atoms. The number of allylic oxidation sites excluding steroid dienone is 2. The molecule has 6 nitrogen and oxygen atoms in total. The summed E-state index contributed by atoms with van der Waals surface area (Å²) in [7, 11) is 0. The second kappa shape index (κ2) is 7.86. The Morgan fingerprint density at radius 2 is 1.70 bits per heavy atom. The standard InChI is InChI=1S/C21H23NO5/c1-13-7-8-15(14(2)11-13)18(23)12-27-19(24)9-10-22-20(25)16-5-3-4-6-17(16)21(22)26/h3-4,7-8,11,16-17H,5-6,9-10,12H2,1-2H3/t16-,17-/m0/s1. The van der Waals surface area contributed by atoms with Gasteiger partial charge in [0.2, 0.25) is 17.6 Å².